The zero-order valence-electron chi connectivity index (χ0n) is 12.2. The summed E-state index contributed by atoms with van der Waals surface area (Å²) < 4.78 is 5.56. The lowest BCUT2D eigenvalue weighted by Gasteiger charge is -2.35. The van der Waals surface area contributed by atoms with Gasteiger partial charge in [0.05, 0.1) is 6.54 Å². The maximum atomic E-state index is 12.1. The molecule has 1 N–H and O–H groups in total. The molecule has 0 spiro atoms. The maximum Gasteiger partial charge on any atom is 0.317 e. The highest BCUT2D eigenvalue weighted by Gasteiger charge is 2.24. The monoisotopic (exact) mass is 276 g/mol. The molecule has 0 aromatic heterocycles. The SMILES string of the molecule is CCC1CCCCN1C(=O)NCCOc1ccccc1. The first-order valence-corrected chi connectivity index (χ1v) is 7.53. The minimum Gasteiger partial charge on any atom is -0.492 e. The number of carbonyl (C=O) groups is 1. The van der Waals surface area contributed by atoms with Crippen molar-refractivity contribution < 1.29 is 9.53 Å². The molecule has 1 saturated heterocycles. The second-order valence-corrected chi connectivity index (χ2v) is 5.14. The fraction of sp³-hybridized carbons (Fsp3) is 0.562. The number of nitrogens with one attached hydrogen (secondary N) is 1. The van der Waals surface area contributed by atoms with Gasteiger partial charge in [-0.05, 0) is 37.8 Å². The van der Waals surface area contributed by atoms with Crippen LogP contribution in [0.4, 0.5) is 4.79 Å². The molecule has 110 valence electrons. The van der Waals surface area contributed by atoms with E-state index in [-0.39, 0.29) is 6.03 Å². The third kappa shape index (κ3) is 4.15. The molecule has 1 unspecified atom stereocenters. The number of hydrogen-bond acceptors (Lipinski definition) is 2. The summed E-state index contributed by atoms with van der Waals surface area (Å²) in [6, 6.07) is 10.1. The molecule has 1 aromatic rings. The molecule has 1 aromatic carbocycles. The molecular formula is C16H24N2O2. The van der Waals surface area contributed by atoms with Crippen LogP contribution in [0.1, 0.15) is 32.6 Å². The van der Waals surface area contributed by atoms with E-state index in [9.17, 15) is 4.79 Å². The molecule has 1 aliphatic heterocycles. The van der Waals surface area contributed by atoms with Gasteiger partial charge in [0.2, 0.25) is 0 Å². The molecule has 0 saturated carbocycles. The Labute approximate surface area is 121 Å². The summed E-state index contributed by atoms with van der Waals surface area (Å²) in [6.45, 7) is 4.07. The molecular weight excluding hydrogens is 252 g/mol. The van der Waals surface area contributed by atoms with Crippen LogP contribution in [0.5, 0.6) is 5.75 Å². The number of piperidine rings is 1. The molecule has 0 bridgehead atoms. The number of hydrogen-bond donors (Lipinski definition) is 1. The lowest BCUT2D eigenvalue weighted by atomic mass is 10.0. The molecule has 1 fully saturated rings. The molecule has 1 atom stereocenters. The van der Waals surface area contributed by atoms with Crippen LogP contribution in [0.25, 0.3) is 0 Å². The average molecular weight is 276 g/mol. The van der Waals surface area contributed by atoms with E-state index in [1.807, 2.05) is 35.2 Å². The van der Waals surface area contributed by atoms with Crippen LogP contribution < -0.4 is 10.1 Å². The number of urea groups is 1. The summed E-state index contributed by atoms with van der Waals surface area (Å²) in [5.41, 5.74) is 0. The van der Waals surface area contributed by atoms with Gasteiger partial charge >= 0.3 is 6.03 Å². The van der Waals surface area contributed by atoms with Crippen molar-refractivity contribution in [1.29, 1.82) is 0 Å². The van der Waals surface area contributed by atoms with Crippen molar-refractivity contribution in [2.45, 2.75) is 38.6 Å². The molecule has 1 heterocycles. The maximum absolute atomic E-state index is 12.1. The molecule has 2 rings (SSSR count). The third-order valence-corrected chi connectivity index (χ3v) is 3.75. The van der Waals surface area contributed by atoms with Crippen LogP contribution in [-0.2, 0) is 0 Å². The number of benzene rings is 1. The van der Waals surface area contributed by atoms with Crippen molar-refractivity contribution in [2.75, 3.05) is 19.7 Å². The summed E-state index contributed by atoms with van der Waals surface area (Å²) in [5.74, 6) is 0.839. The lowest BCUT2D eigenvalue weighted by molar-refractivity contribution is 0.147. The van der Waals surface area contributed by atoms with Gasteiger partial charge in [-0.25, -0.2) is 4.79 Å². The van der Waals surface area contributed by atoms with E-state index in [2.05, 4.69) is 12.2 Å². The van der Waals surface area contributed by atoms with Gasteiger partial charge in [0.25, 0.3) is 0 Å². The van der Waals surface area contributed by atoms with Gasteiger partial charge in [0.15, 0.2) is 0 Å². The number of likely N-dealkylation sites (tertiary alicyclic amines) is 1. The number of nitrogens with zero attached hydrogens (tertiary/aromatic N) is 1. The van der Waals surface area contributed by atoms with Crippen LogP contribution in [-0.4, -0.2) is 36.7 Å². The number of ether oxygens (including phenoxy) is 1. The molecule has 4 nitrogen and oxygen atoms in total. The molecule has 20 heavy (non-hydrogen) atoms. The van der Waals surface area contributed by atoms with Crippen molar-refractivity contribution in [3.05, 3.63) is 30.3 Å². The summed E-state index contributed by atoms with van der Waals surface area (Å²) in [4.78, 5) is 14.1. The lowest BCUT2D eigenvalue weighted by Crippen LogP contribution is -2.49. The van der Waals surface area contributed by atoms with E-state index in [1.54, 1.807) is 0 Å². The fourth-order valence-electron chi connectivity index (χ4n) is 2.64. The Hall–Kier alpha value is -1.71. The van der Waals surface area contributed by atoms with E-state index < -0.39 is 0 Å². The van der Waals surface area contributed by atoms with E-state index in [0.717, 1.165) is 31.6 Å². The standard InChI is InChI=1S/C16H24N2O2/c1-2-14-8-6-7-12-18(14)16(19)17-11-13-20-15-9-4-3-5-10-15/h3-5,9-10,14H,2,6-8,11-13H2,1H3,(H,17,19). The summed E-state index contributed by atoms with van der Waals surface area (Å²) in [6.07, 6.45) is 4.52. The second kappa shape index (κ2) is 7.78. The number of amides is 2. The molecule has 1 aliphatic rings. The Kier molecular flexibility index (Phi) is 5.71. The Balaban J connectivity index is 1.69. The first-order valence-electron chi connectivity index (χ1n) is 7.53. The summed E-state index contributed by atoms with van der Waals surface area (Å²) in [5, 5.41) is 2.95. The van der Waals surface area contributed by atoms with Gasteiger partial charge in [-0.1, -0.05) is 25.1 Å². The first-order chi connectivity index (χ1) is 9.81. The highest BCUT2D eigenvalue weighted by Crippen LogP contribution is 2.19. The van der Waals surface area contributed by atoms with E-state index >= 15 is 0 Å². The zero-order valence-corrected chi connectivity index (χ0v) is 12.2. The van der Waals surface area contributed by atoms with Gasteiger partial charge in [0, 0.05) is 12.6 Å². The van der Waals surface area contributed by atoms with Gasteiger partial charge in [0.1, 0.15) is 12.4 Å². The van der Waals surface area contributed by atoms with E-state index in [4.69, 9.17) is 4.74 Å². The predicted octanol–water partition coefficient (Wildman–Crippen LogP) is 3.04. The smallest absolute Gasteiger partial charge is 0.317 e. The minimum atomic E-state index is 0.0493. The van der Waals surface area contributed by atoms with Gasteiger partial charge in [-0.15, -0.1) is 0 Å². The fourth-order valence-corrected chi connectivity index (χ4v) is 2.64. The van der Waals surface area contributed by atoms with Crippen LogP contribution in [0.2, 0.25) is 0 Å². The molecule has 4 heteroatoms. The van der Waals surface area contributed by atoms with Crippen molar-refractivity contribution in [2.24, 2.45) is 0 Å². The van der Waals surface area contributed by atoms with Crippen LogP contribution >= 0.6 is 0 Å². The van der Waals surface area contributed by atoms with Crippen molar-refractivity contribution in [1.82, 2.24) is 10.2 Å². The molecule has 0 radical (unpaired) electrons. The first kappa shape index (κ1) is 14.7. The van der Waals surface area contributed by atoms with Gasteiger partial charge in [-0.3, -0.25) is 0 Å². The summed E-state index contributed by atoms with van der Waals surface area (Å²) >= 11 is 0. The Bertz CT molecular complexity index is 408. The second-order valence-electron chi connectivity index (χ2n) is 5.14. The Morgan fingerprint density at radius 1 is 1.35 bits per heavy atom. The third-order valence-electron chi connectivity index (χ3n) is 3.75. The Morgan fingerprint density at radius 3 is 2.90 bits per heavy atom. The van der Waals surface area contributed by atoms with Crippen molar-refractivity contribution in [3.63, 3.8) is 0 Å². The highest BCUT2D eigenvalue weighted by atomic mass is 16.5. The largest absolute Gasteiger partial charge is 0.492 e. The molecule has 0 aliphatic carbocycles. The van der Waals surface area contributed by atoms with Crippen molar-refractivity contribution >= 4 is 6.03 Å². The average Bonchev–Trinajstić information content (AvgIpc) is 2.52. The van der Waals surface area contributed by atoms with Crippen LogP contribution in [0, 0.1) is 0 Å². The number of carbonyl (C=O) groups excluding carboxylic acids is 1. The number of rotatable bonds is 5. The van der Waals surface area contributed by atoms with E-state index in [1.165, 1.54) is 6.42 Å². The van der Waals surface area contributed by atoms with Crippen molar-refractivity contribution in [3.8, 4) is 5.75 Å². The highest BCUT2D eigenvalue weighted by molar-refractivity contribution is 5.74. The Morgan fingerprint density at radius 2 is 2.15 bits per heavy atom. The quantitative estimate of drug-likeness (QED) is 0.840. The number of para-hydroxylation sites is 1. The molecule has 2 amide bonds. The zero-order chi connectivity index (χ0) is 14.2. The topological polar surface area (TPSA) is 41.6 Å². The van der Waals surface area contributed by atoms with Crippen LogP contribution in [0.15, 0.2) is 30.3 Å². The van der Waals surface area contributed by atoms with Gasteiger partial charge in [-0.2, -0.15) is 0 Å². The van der Waals surface area contributed by atoms with E-state index in [0.29, 0.717) is 19.2 Å². The summed E-state index contributed by atoms with van der Waals surface area (Å²) in [7, 11) is 0. The predicted molar refractivity (Wildman–Crippen MR) is 80.0 cm³/mol. The van der Waals surface area contributed by atoms with Gasteiger partial charge < -0.3 is 15.0 Å². The minimum absolute atomic E-state index is 0.0493. The normalized spacial score (nSPS) is 18.6. The van der Waals surface area contributed by atoms with Crippen LogP contribution in [0.3, 0.4) is 0 Å².